The lowest BCUT2D eigenvalue weighted by Crippen LogP contribution is -2.50. The Morgan fingerprint density at radius 1 is 1.07 bits per heavy atom. The maximum Gasteiger partial charge on any atom is 0.411 e. The van der Waals surface area contributed by atoms with E-state index in [0.717, 1.165) is 42.4 Å². The SMILES string of the molecule is O=C(N[C@H]1c2ccccc2C[C@@H]1O)C(CC=Cc1ccccc1)CC(O)C(CC1CCCCC1)N(CI)C(=O)OC1CCOC1. The van der Waals surface area contributed by atoms with Gasteiger partial charge < -0.3 is 25.0 Å². The Hall–Kier alpha value is -2.47. The lowest BCUT2D eigenvalue weighted by Gasteiger charge is -2.37. The molecule has 0 radical (unpaired) electrons. The zero-order chi connectivity index (χ0) is 31.6. The smallest absolute Gasteiger partial charge is 0.411 e. The van der Waals surface area contributed by atoms with Crippen molar-refractivity contribution in [3.8, 4) is 0 Å². The summed E-state index contributed by atoms with van der Waals surface area (Å²) in [5.41, 5.74) is 3.00. The summed E-state index contributed by atoms with van der Waals surface area (Å²) in [6.07, 6.45) is 9.71. The molecule has 6 atom stereocenters. The molecule has 8 nitrogen and oxygen atoms in total. The molecule has 2 aromatic rings. The minimum Gasteiger partial charge on any atom is -0.444 e. The first-order chi connectivity index (χ1) is 21.9. The highest BCUT2D eigenvalue weighted by atomic mass is 127. The van der Waals surface area contributed by atoms with Gasteiger partial charge in [0.15, 0.2) is 0 Å². The van der Waals surface area contributed by atoms with Crippen LogP contribution < -0.4 is 5.32 Å². The third-order valence-electron chi connectivity index (χ3n) is 9.59. The van der Waals surface area contributed by atoms with E-state index in [2.05, 4.69) is 27.9 Å². The van der Waals surface area contributed by atoms with E-state index in [0.29, 0.717) is 49.4 Å². The number of aliphatic hydroxyl groups is 2. The summed E-state index contributed by atoms with van der Waals surface area (Å²) in [5, 5.41) is 25.9. The van der Waals surface area contributed by atoms with Gasteiger partial charge in [0.05, 0.1) is 42.1 Å². The van der Waals surface area contributed by atoms with Crippen molar-refractivity contribution in [2.75, 3.05) is 17.8 Å². The van der Waals surface area contributed by atoms with E-state index in [4.69, 9.17) is 9.47 Å². The van der Waals surface area contributed by atoms with Crippen molar-refractivity contribution >= 4 is 40.7 Å². The molecule has 0 bridgehead atoms. The Morgan fingerprint density at radius 3 is 2.56 bits per heavy atom. The van der Waals surface area contributed by atoms with Crippen molar-refractivity contribution in [2.24, 2.45) is 11.8 Å². The number of hydrogen-bond acceptors (Lipinski definition) is 6. The first kappa shape index (κ1) is 33.9. The van der Waals surface area contributed by atoms with Gasteiger partial charge in [-0.15, -0.1) is 0 Å². The summed E-state index contributed by atoms with van der Waals surface area (Å²) in [4.78, 5) is 29.1. The fourth-order valence-corrected chi connectivity index (χ4v) is 7.84. The van der Waals surface area contributed by atoms with Crippen molar-refractivity contribution in [3.63, 3.8) is 0 Å². The second-order valence-electron chi connectivity index (χ2n) is 12.8. The van der Waals surface area contributed by atoms with E-state index in [9.17, 15) is 19.8 Å². The second kappa shape index (κ2) is 16.9. The highest BCUT2D eigenvalue weighted by molar-refractivity contribution is 14.1. The van der Waals surface area contributed by atoms with Crippen LogP contribution in [0.2, 0.25) is 0 Å². The molecule has 45 heavy (non-hydrogen) atoms. The Balaban J connectivity index is 1.35. The lowest BCUT2D eigenvalue weighted by molar-refractivity contribution is -0.127. The average molecular weight is 731 g/mol. The van der Waals surface area contributed by atoms with E-state index in [1.807, 2.05) is 66.7 Å². The topological polar surface area (TPSA) is 108 Å². The van der Waals surface area contributed by atoms with Crippen molar-refractivity contribution in [1.82, 2.24) is 10.2 Å². The second-order valence-corrected chi connectivity index (χ2v) is 13.5. The van der Waals surface area contributed by atoms with Gasteiger partial charge >= 0.3 is 6.09 Å². The number of ether oxygens (including phenoxy) is 2. The molecule has 4 unspecified atom stereocenters. The number of nitrogens with one attached hydrogen (secondary N) is 1. The highest BCUT2D eigenvalue weighted by Gasteiger charge is 2.38. The molecule has 5 rings (SSSR count). The molecule has 1 aliphatic heterocycles. The maximum absolute atomic E-state index is 14.0. The summed E-state index contributed by atoms with van der Waals surface area (Å²) in [5.74, 6) is -0.374. The number of allylic oxidation sites excluding steroid dienone is 1. The molecular formula is C36H47IN2O6. The van der Waals surface area contributed by atoms with Crippen molar-refractivity contribution < 1.29 is 29.3 Å². The number of fused-ring (bicyclic) bond motifs is 1. The number of aliphatic hydroxyl groups excluding tert-OH is 2. The minimum atomic E-state index is -0.935. The van der Waals surface area contributed by atoms with Gasteiger partial charge in [-0.05, 0) is 41.9 Å². The lowest BCUT2D eigenvalue weighted by atomic mass is 9.81. The number of carbonyl (C=O) groups excluding carboxylic acids is 2. The molecule has 2 aliphatic carbocycles. The summed E-state index contributed by atoms with van der Waals surface area (Å²) in [7, 11) is 0. The van der Waals surface area contributed by atoms with E-state index in [1.165, 1.54) is 6.42 Å². The van der Waals surface area contributed by atoms with Crippen molar-refractivity contribution in [1.29, 1.82) is 0 Å². The number of alkyl halides is 1. The molecule has 244 valence electrons. The van der Waals surface area contributed by atoms with Crippen LogP contribution in [0.15, 0.2) is 60.7 Å². The number of hydrogen-bond donors (Lipinski definition) is 3. The van der Waals surface area contributed by atoms with E-state index in [-0.39, 0.29) is 18.4 Å². The van der Waals surface area contributed by atoms with Crippen molar-refractivity contribution in [3.05, 3.63) is 77.4 Å². The van der Waals surface area contributed by atoms with Gasteiger partial charge in [-0.3, -0.25) is 9.69 Å². The van der Waals surface area contributed by atoms with Gasteiger partial charge in [0.25, 0.3) is 0 Å². The predicted octanol–water partition coefficient (Wildman–Crippen LogP) is 6.19. The number of halogens is 1. The number of nitrogens with zero attached hydrogens (tertiary/aromatic N) is 1. The fourth-order valence-electron chi connectivity index (χ4n) is 7.06. The summed E-state index contributed by atoms with van der Waals surface area (Å²) in [6.45, 7) is 0.965. The largest absolute Gasteiger partial charge is 0.444 e. The van der Waals surface area contributed by atoms with Gasteiger partial charge in [0.1, 0.15) is 6.10 Å². The van der Waals surface area contributed by atoms with E-state index in [1.54, 1.807) is 4.90 Å². The van der Waals surface area contributed by atoms with E-state index >= 15 is 0 Å². The van der Waals surface area contributed by atoms with Crippen LogP contribution in [-0.2, 0) is 20.7 Å². The van der Waals surface area contributed by atoms with E-state index < -0.39 is 36.3 Å². The van der Waals surface area contributed by atoms with Crippen LogP contribution in [0.25, 0.3) is 6.08 Å². The summed E-state index contributed by atoms with van der Waals surface area (Å²) < 4.78 is 11.6. The Kier molecular flexibility index (Phi) is 12.7. The minimum absolute atomic E-state index is 0.180. The van der Waals surface area contributed by atoms with Gasteiger partial charge in [0, 0.05) is 18.8 Å². The zero-order valence-electron chi connectivity index (χ0n) is 25.9. The Labute approximate surface area is 280 Å². The molecule has 1 saturated heterocycles. The molecule has 0 aromatic heterocycles. The third kappa shape index (κ3) is 9.30. The van der Waals surface area contributed by atoms with Crippen LogP contribution in [-0.4, -0.2) is 69.2 Å². The molecular weight excluding hydrogens is 683 g/mol. The monoisotopic (exact) mass is 730 g/mol. The van der Waals surface area contributed by atoms with Crippen molar-refractivity contribution in [2.45, 2.75) is 94.6 Å². The summed E-state index contributed by atoms with van der Waals surface area (Å²) >= 11 is 2.17. The first-order valence-corrected chi connectivity index (χ1v) is 18.0. The number of carbonyl (C=O) groups is 2. The molecule has 2 aromatic carbocycles. The highest BCUT2D eigenvalue weighted by Crippen LogP contribution is 2.34. The number of benzene rings is 2. The third-order valence-corrected chi connectivity index (χ3v) is 10.3. The predicted molar refractivity (Wildman–Crippen MR) is 183 cm³/mol. The molecule has 2 fully saturated rings. The molecule has 9 heteroatoms. The Bertz CT molecular complexity index is 1260. The molecule has 0 spiro atoms. The average Bonchev–Trinajstić information content (AvgIpc) is 3.68. The fraction of sp³-hybridized carbons (Fsp3) is 0.556. The first-order valence-electron chi connectivity index (χ1n) is 16.5. The van der Waals surface area contributed by atoms with Crippen LogP contribution in [0.5, 0.6) is 0 Å². The van der Waals surface area contributed by atoms with Gasteiger partial charge in [0.2, 0.25) is 5.91 Å². The van der Waals surface area contributed by atoms with Crippen LogP contribution in [0, 0.1) is 11.8 Å². The normalized spacial score (nSPS) is 23.8. The van der Waals surface area contributed by atoms with Gasteiger partial charge in [-0.2, -0.15) is 0 Å². The molecule has 1 heterocycles. The maximum atomic E-state index is 14.0. The Morgan fingerprint density at radius 2 is 1.82 bits per heavy atom. The molecule has 1 saturated carbocycles. The standard InChI is InChI=1S/C36H47IN2O6/c37-24-39(36(43)45-29-18-19-44-23-29)31(20-26-12-5-2-6-13-26)32(40)22-28(16-9-14-25-10-3-1-4-11-25)35(42)38-34-30-17-8-7-15-27(30)21-33(34)41/h1,3-4,7-11,14-15,17,26,28-29,31-34,40-41H,2,5-6,12-13,16,18-24H2,(H,38,42)/t28?,29?,31?,32?,33-,34-/m0/s1. The van der Waals surface area contributed by atoms with Gasteiger partial charge in [-0.25, -0.2) is 4.79 Å². The van der Waals surface area contributed by atoms with Crippen LogP contribution in [0.4, 0.5) is 4.79 Å². The number of amides is 2. The molecule has 2 amide bonds. The van der Waals surface area contributed by atoms with Crippen LogP contribution in [0.1, 0.15) is 80.5 Å². The van der Waals surface area contributed by atoms with Crippen LogP contribution in [0.3, 0.4) is 0 Å². The van der Waals surface area contributed by atoms with Gasteiger partial charge in [-0.1, -0.05) is 121 Å². The van der Waals surface area contributed by atoms with Crippen LogP contribution >= 0.6 is 22.6 Å². The molecule has 3 N–H and O–H groups in total. The zero-order valence-corrected chi connectivity index (χ0v) is 28.1. The quantitative estimate of drug-likeness (QED) is 0.129. The number of rotatable bonds is 13. The summed E-state index contributed by atoms with van der Waals surface area (Å²) in [6, 6.07) is 16.7. The molecule has 3 aliphatic rings.